The van der Waals surface area contributed by atoms with Gasteiger partial charge < -0.3 is 10.1 Å². The number of benzene rings is 1. The van der Waals surface area contributed by atoms with Crippen molar-refractivity contribution in [3.63, 3.8) is 0 Å². The fraction of sp³-hybridized carbons (Fsp3) is 0.0833. The van der Waals surface area contributed by atoms with E-state index < -0.39 is 22.9 Å². The third-order valence-corrected chi connectivity index (χ3v) is 2.46. The van der Waals surface area contributed by atoms with E-state index in [1.807, 2.05) is 30.3 Å². The van der Waals surface area contributed by atoms with Gasteiger partial charge in [-0.2, -0.15) is 5.54 Å². The smallest absolute Gasteiger partial charge is 0.301 e. The van der Waals surface area contributed by atoms with E-state index in [2.05, 4.69) is 9.97 Å². The number of rotatable bonds is 3. The van der Waals surface area contributed by atoms with Crippen LogP contribution in [0.15, 0.2) is 35.1 Å². The number of amides is 1. The number of carbonyl (C=O) groups is 1. The van der Waals surface area contributed by atoms with Crippen LogP contribution in [0.25, 0.3) is 0 Å². The summed E-state index contributed by atoms with van der Waals surface area (Å²) in [4.78, 5) is 28.6. The maximum absolute atomic E-state index is 12.1. The Morgan fingerprint density at radius 1 is 1.37 bits per heavy atom. The predicted octanol–water partition coefficient (Wildman–Crippen LogP) is 0.681. The zero-order chi connectivity index (χ0) is 13.8. The average molecular weight is 263 g/mol. The highest BCUT2D eigenvalue weighted by Gasteiger charge is 2.17. The number of carbonyl (C=O) groups excluding carboxylic acids is 1. The summed E-state index contributed by atoms with van der Waals surface area (Å²) in [5, 5.41) is 9.36. The first-order chi connectivity index (χ1) is 9.11. The van der Waals surface area contributed by atoms with E-state index in [0.29, 0.717) is 0 Å². The van der Waals surface area contributed by atoms with E-state index in [-0.39, 0.29) is 12.2 Å². The second-order valence-electron chi connectivity index (χ2n) is 3.80. The Morgan fingerprint density at radius 2 is 2.05 bits per heavy atom. The van der Waals surface area contributed by atoms with Crippen LogP contribution >= 0.6 is 0 Å². The third kappa shape index (κ3) is 2.76. The predicted molar refractivity (Wildman–Crippen MR) is 64.3 cm³/mol. The molecule has 0 aliphatic carbocycles. The zero-order valence-corrected chi connectivity index (χ0v) is 9.68. The molecule has 7 heteroatoms. The average Bonchev–Trinajstić information content (AvgIpc) is 2.43. The number of H-pyrrole nitrogens is 1. The molecule has 0 spiro atoms. The van der Waals surface area contributed by atoms with Gasteiger partial charge in [-0.15, -0.1) is 0 Å². The minimum Gasteiger partial charge on any atom is -0.501 e. The van der Waals surface area contributed by atoms with Crippen LogP contribution in [0.3, 0.4) is 0 Å². The van der Waals surface area contributed by atoms with Crippen LogP contribution in [0.5, 0.6) is 5.75 Å². The molecule has 0 aliphatic heterocycles. The second-order valence-corrected chi connectivity index (χ2v) is 3.80. The molecule has 0 fully saturated rings. The molecule has 1 heterocycles. The molecule has 19 heavy (non-hydrogen) atoms. The lowest BCUT2D eigenvalue weighted by atomic mass is 10.1. The van der Waals surface area contributed by atoms with E-state index in [4.69, 9.17) is 0 Å². The minimum atomic E-state index is -1.27. The number of aromatic nitrogens is 2. The Morgan fingerprint density at radius 3 is 2.68 bits per heavy atom. The van der Waals surface area contributed by atoms with E-state index in [9.17, 15) is 19.2 Å². The summed E-state index contributed by atoms with van der Waals surface area (Å²) in [7, 11) is 0. The highest BCUT2D eigenvalue weighted by molar-refractivity contribution is 5.93. The molecule has 0 atom stereocenters. The first kappa shape index (κ1) is 12.7. The Balaban J connectivity index is 2.40. The van der Waals surface area contributed by atoms with E-state index in [1.54, 1.807) is 0 Å². The van der Waals surface area contributed by atoms with E-state index >= 15 is 0 Å². The number of aromatic hydroxyl groups is 1. The van der Waals surface area contributed by atoms with Gasteiger partial charge in [0.1, 0.15) is 5.82 Å². The van der Waals surface area contributed by atoms with Gasteiger partial charge in [0.2, 0.25) is 5.75 Å². The van der Waals surface area contributed by atoms with Crippen molar-refractivity contribution in [1.29, 1.82) is 0 Å². The highest BCUT2D eigenvalue weighted by Crippen LogP contribution is 2.10. The quantitative estimate of drug-likeness (QED) is 0.710. The van der Waals surface area contributed by atoms with E-state index in [1.165, 1.54) is 0 Å². The Labute approximate surface area is 106 Å². The summed E-state index contributed by atoms with van der Waals surface area (Å²) < 4.78 is 12.1. The van der Waals surface area contributed by atoms with Gasteiger partial charge in [0.05, 0.1) is 0 Å². The van der Waals surface area contributed by atoms with Crippen LogP contribution in [-0.2, 0) is 6.42 Å². The van der Waals surface area contributed by atoms with Gasteiger partial charge >= 0.3 is 5.91 Å². The monoisotopic (exact) mass is 263 g/mol. The summed E-state index contributed by atoms with van der Waals surface area (Å²) in [6, 6.07) is 9.06. The van der Waals surface area contributed by atoms with Gasteiger partial charge in [-0.05, 0) is 5.56 Å². The molecule has 98 valence electrons. The van der Waals surface area contributed by atoms with Gasteiger partial charge in [0.25, 0.3) is 5.56 Å². The van der Waals surface area contributed by atoms with Crippen molar-refractivity contribution in [2.24, 2.45) is 0 Å². The number of hydrogen-bond donors (Lipinski definition) is 3. The van der Waals surface area contributed by atoms with Crippen LogP contribution in [0.1, 0.15) is 21.9 Å². The largest absolute Gasteiger partial charge is 0.501 e. The molecular formula is C12H10FN3O3. The molecule has 3 N–H and O–H groups in total. The second kappa shape index (κ2) is 5.30. The molecule has 0 radical (unpaired) electrons. The van der Waals surface area contributed by atoms with Crippen molar-refractivity contribution in [2.75, 3.05) is 0 Å². The zero-order valence-electron chi connectivity index (χ0n) is 9.68. The molecule has 0 aliphatic rings. The van der Waals surface area contributed by atoms with E-state index in [0.717, 1.165) is 11.1 Å². The van der Waals surface area contributed by atoms with Crippen molar-refractivity contribution in [1.82, 2.24) is 15.5 Å². The molecule has 0 saturated heterocycles. The molecule has 0 bridgehead atoms. The number of hydrogen-bond acceptors (Lipinski definition) is 4. The molecule has 6 nitrogen and oxygen atoms in total. The molecule has 2 aromatic rings. The fourth-order valence-electron chi connectivity index (χ4n) is 1.59. The number of nitrogens with zero attached hydrogens (tertiary/aromatic N) is 1. The van der Waals surface area contributed by atoms with Gasteiger partial charge in [-0.3, -0.25) is 9.59 Å². The van der Waals surface area contributed by atoms with Crippen molar-refractivity contribution in [3.8, 4) is 5.75 Å². The third-order valence-electron chi connectivity index (χ3n) is 2.46. The Bertz CT molecular complexity index is 655. The molecule has 2 rings (SSSR count). The summed E-state index contributed by atoms with van der Waals surface area (Å²) in [5.41, 5.74) is 0.145. The lowest BCUT2D eigenvalue weighted by Crippen LogP contribution is -2.22. The van der Waals surface area contributed by atoms with Crippen molar-refractivity contribution < 1.29 is 14.4 Å². The number of aromatic amines is 1. The Kier molecular flexibility index (Phi) is 3.56. The van der Waals surface area contributed by atoms with Crippen molar-refractivity contribution in [3.05, 3.63) is 57.8 Å². The number of halogens is 1. The fourth-order valence-corrected chi connectivity index (χ4v) is 1.59. The molecular weight excluding hydrogens is 253 g/mol. The lowest BCUT2D eigenvalue weighted by Gasteiger charge is -2.04. The SMILES string of the molecule is O=C(NF)c1nc(Cc2ccccc2)[nH]c(=O)c1O. The molecule has 0 saturated carbocycles. The highest BCUT2D eigenvalue weighted by atomic mass is 19.2. The van der Waals surface area contributed by atoms with Gasteiger partial charge in [0.15, 0.2) is 5.69 Å². The van der Waals surface area contributed by atoms with Crippen molar-refractivity contribution in [2.45, 2.75) is 6.42 Å². The normalized spacial score (nSPS) is 10.2. The topological polar surface area (TPSA) is 95.1 Å². The maximum Gasteiger partial charge on any atom is 0.301 e. The standard InChI is InChI=1S/C12H10FN3O3/c13-16-11(18)9-10(17)12(19)15-8(14-9)6-7-4-2-1-3-5-7/h1-5,17H,6H2,(H,16,18)(H,14,15,19). The molecule has 1 aromatic heterocycles. The first-order valence-electron chi connectivity index (χ1n) is 5.39. The van der Waals surface area contributed by atoms with Gasteiger partial charge in [-0.25, -0.2) is 4.98 Å². The van der Waals surface area contributed by atoms with Crippen molar-refractivity contribution >= 4 is 5.91 Å². The maximum atomic E-state index is 12.1. The summed E-state index contributed by atoms with van der Waals surface area (Å²) in [5.74, 6) is -2.02. The summed E-state index contributed by atoms with van der Waals surface area (Å²) in [6.07, 6.45) is 0.253. The molecule has 1 amide bonds. The van der Waals surface area contributed by atoms with Crippen LogP contribution in [0.4, 0.5) is 4.48 Å². The van der Waals surface area contributed by atoms with Crippen LogP contribution in [0, 0.1) is 0 Å². The first-order valence-corrected chi connectivity index (χ1v) is 5.39. The molecule has 0 unspecified atom stereocenters. The summed E-state index contributed by atoms with van der Waals surface area (Å²) >= 11 is 0. The lowest BCUT2D eigenvalue weighted by molar-refractivity contribution is 0.0850. The van der Waals surface area contributed by atoms with Crippen LogP contribution < -0.4 is 11.1 Å². The van der Waals surface area contributed by atoms with Crippen LogP contribution in [-0.4, -0.2) is 21.0 Å². The Hall–Kier alpha value is -2.70. The van der Waals surface area contributed by atoms with Gasteiger partial charge in [0, 0.05) is 6.42 Å². The molecule has 1 aromatic carbocycles. The van der Waals surface area contributed by atoms with Crippen LogP contribution in [0.2, 0.25) is 0 Å². The van der Waals surface area contributed by atoms with Gasteiger partial charge in [-0.1, -0.05) is 34.8 Å². The minimum absolute atomic E-state index is 0.160. The number of nitrogens with one attached hydrogen (secondary N) is 2. The summed E-state index contributed by atoms with van der Waals surface area (Å²) in [6.45, 7) is 0.